The molecule has 0 aliphatic carbocycles. The first-order valence-electron chi connectivity index (χ1n) is 9.69. The first-order valence-corrected chi connectivity index (χ1v) is 9.69. The zero-order valence-electron chi connectivity index (χ0n) is 16.4. The molecule has 0 spiro atoms. The Labute approximate surface area is 196 Å². The fourth-order valence-corrected chi connectivity index (χ4v) is 3.59. The Bertz CT molecular complexity index is 1220. The molecule has 4 nitrogen and oxygen atoms in total. The monoisotopic (exact) mass is 587 g/mol. The third-order valence-corrected chi connectivity index (χ3v) is 5.04. The summed E-state index contributed by atoms with van der Waals surface area (Å²) < 4.78 is 5.61. The molecule has 1 atom stereocenters. The molecule has 1 N–H and O–H groups in total. The number of phenols is 1. The third-order valence-electron chi connectivity index (χ3n) is 5.04. The molecule has 2 heterocycles. The quantitative estimate of drug-likeness (QED) is 0.214. The Hall–Kier alpha value is -3.31. The van der Waals surface area contributed by atoms with Crippen LogP contribution in [0, 0.1) is 6.07 Å². The Morgan fingerprint density at radius 1 is 0.871 bits per heavy atom. The van der Waals surface area contributed by atoms with E-state index >= 15 is 0 Å². The number of nitrogens with zero attached hydrogens (tertiary/aromatic N) is 2. The minimum absolute atomic E-state index is 0. The van der Waals surface area contributed by atoms with Gasteiger partial charge in [0.05, 0.1) is 11.3 Å². The number of rotatable bonds is 5. The average Bonchev–Trinajstić information content (AvgIpc) is 3.46. The van der Waals surface area contributed by atoms with E-state index in [1.807, 2.05) is 54.6 Å². The molecule has 0 aliphatic rings. The van der Waals surface area contributed by atoms with Crippen molar-refractivity contribution >= 4 is 0 Å². The van der Waals surface area contributed by atoms with Gasteiger partial charge in [0.15, 0.2) is 0 Å². The summed E-state index contributed by atoms with van der Waals surface area (Å²) in [5.74, 6) is 0.472. The molecule has 157 valence electrons. The van der Waals surface area contributed by atoms with Crippen LogP contribution in [-0.2, 0) is 22.4 Å². The number of hydrogen-bond donors (Lipinski definition) is 1. The summed E-state index contributed by atoms with van der Waals surface area (Å²) in [4.78, 5) is 9.39. The van der Waals surface area contributed by atoms with E-state index < -0.39 is 0 Å². The number of aromatic nitrogens is 2. The van der Waals surface area contributed by atoms with Crippen molar-refractivity contribution < 1.29 is 31.9 Å². The van der Waals surface area contributed by atoms with Gasteiger partial charge in [0, 0.05) is 22.4 Å². The van der Waals surface area contributed by atoms with Crippen LogP contribution in [0.25, 0.3) is 22.8 Å². The SMILES string of the molecule is Oc1ccccc1-c1nc(-c2ccc(C(c3[c-]cccc3)c3ccccc3)[n-]2)co1.[Au]. The number of phenolic OH excluding ortho intramolecular Hbond substituents is 1. The molecule has 5 rings (SSSR count). The van der Waals surface area contributed by atoms with Crippen molar-refractivity contribution in [1.82, 2.24) is 9.97 Å². The van der Waals surface area contributed by atoms with Gasteiger partial charge in [-0.2, -0.15) is 35.9 Å². The van der Waals surface area contributed by atoms with Crippen molar-refractivity contribution in [2.75, 3.05) is 0 Å². The van der Waals surface area contributed by atoms with Crippen LogP contribution in [0.1, 0.15) is 22.7 Å². The number of oxazole rings is 1. The molecular formula is C26H18AuN2O2-2. The smallest absolute Gasteiger partial charge is 0.230 e. The van der Waals surface area contributed by atoms with E-state index in [1.165, 1.54) is 0 Å². The standard InChI is InChI=1S/C26H18N2O2.Au/c29-24-14-8-7-13-20(24)26-28-23(17-30-26)21-15-16-22(27-21)25(18-9-3-1-4-10-18)19-11-5-2-6-12-19;/h1-11,13-17,25H,(H,28,29);/q-2;. The van der Waals surface area contributed by atoms with E-state index in [-0.39, 0.29) is 34.0 Å². The van der Waals surface area contributed by atoms with Crippen molar-refractivity contribution in [2.45, 2.75) is 5.92 Å². The van der Waals surface area contributed by atoms with Crippen molar-refractivity contribution in [3.63, 3.8) is 0 Å². The number of para-hydroxylation sites is 1. The Kier molecular flexibility index (Phi) is 6.23. The zero-order chi connectivity index (χ0) is 20.3. The summed E-state index contributed by atoms with van der Waals surface area (Å²) in [5.41, 5.74) is 5.04. The fourth-order valence-electron chi connectivity index (χ4n) is 3.59. The summed E-state index contributed by atoms with van der Waals surface area (Å²) in [6.45, 7) is 0. The second-order valence-electron chi connectivity index (χ2n) is 6.97. The van der Waals surface area contributed by atoms with Gasteiger partial charge in [-0.25, -0.2) is 4.98 Å². The predicted molar refractivity (Wildman–Crippen MR) is 115 cm³/mol. The second-order valence-corrected chi connectivity index (χ2v) is 6.97. The minimum atomic E-state index is -0.0225. The van der Waals surface area contributed by atoms with Gasteiger partial charge in [0.1, 0.15) is 12.0 Å². The van der Waals surface area contributed by atoms with Gasteiger partial charge in [-0.1, -0.05) is 54.6 Å². The first kappa shape index (κ1) is 20.9. The van der Waals surface area contributed by atoms with Gasteiger partial charge < -0.3 is 14.5 Å². The molecule has 0 bridgehead atoms. The normalized spacial score (nSPS) is 11.6. The van der Waals surface area contributed by atoms with Crippen LogP contribution in [0.2, 0.25) is 0 Å². The summed E-state index contributed by atoms with van der Waals surface area (Å²) in [7, 11) is 0. The third kappa shape index (κ3) is 4.28. The molecule has 31 heavy (non-hydrogen) atoms. The molecule has 1 unspecified atom stereocenters. The Balaban J connectivity index is 0.00000231. The van der Waals surface area contributed by atoms with Crippen molar-refractivity contribution in [1.29, 1.82) is 0 Å². The van der Waals surface area contributed by atoms with E-state index in [4.69, 9.17) is 9.40 Å². The molecule has 0 saturated carbocycles. The minimum Gasteiger partial charge on any atom is -0.659 e. The topological polar surface area (TPSA) is 60.4 Å². The van der Waals surface area contributed by atoms with Crippen LogP contribution < -0.4 is 4.98 Å². The van der Waals surface area contributed by atoms with Crippen LogP contribution in [0.4, 0.5) is 0 Å². The van der Waals surface area contributed by atoms with E-state index in [0.29, 0.717) is 17.1 Å². The van der Waals surface area contributed by atoms with Crippen molar-refractivity contribution in [2.24, 2.45) is 0 Å². The molecule has 3 aromatic carbocycles. The number of hydrogen-bond acceptors (Lipinski definition) is 3. The summed E-state index contributed by atoms with van der Waals surface area (Å²) in [6, 6.07) is 32.5. The molecule has 5 aromatic rings. The molecule has 0 saturated heterocycles. The van der Waals surface area contributed by atoms with Crippen LogP contribution in [0.3, 0.4) is 0 Å². The summed E-state index contributed by atoms with van der Waals surface area (Å²) >= 11 is 0. The van der Waals surface area contributed by atoms with Gasteiger partial charge in [0.25, 0.3) is 0 Å². The van der Waals surface area contributed by atoms with Crippen LogP contribution >= 0.6 is 0 Å². The van der Waals surface area contributed by atoms with Crippen molar-refractivity contribution in [3.05, 3.63) is 120 Å². The maximum Gasteiger partial charge on any atom is 0.230 e. The largest absolute Gasteiger partial charge is 0.659 e. The maximum absolute atomic E-state index is 10.1. The molecule has 0 aliphatic heterocycles. The van der Waals surface area contributed by atoms with Crippen LogP contribution in [-0.4, -0.2) is 10.1 Å². The van der Waals surface area contributed by atoms with E-state index in [9.17, 15) is 5.11 Å². The van der Waals surface area contributed by atoms with Gasteiger partial charge in [0.2, 0.25) is 5.89 Å². The average molecular weight is 587 g/mol. The Morgan fingerprint density at radius 2 is 1.65 bits per heavy atom. The maximum atomic E-state index is 10.1. The van der Waals surface area contributed by atoms with Crippen molar-refractivity contribution in [3.8, 4) is 28.6 Å². The van der Waals surface area contributed by atoms with E-state index in [0.717, 1.165) is 22.5 Å². The van der Waals surface area contributed by atoms with E-state index in [2.05, 4.69) is 29.2 Å². The first-order chi connectivity index (χ1) is 14.8. The number of aromatic hydroxyl groups is 1. The molecular weight excluding hydrogens is 569 g/mol. The fraction of sp³-hybridized carbons (Fsp3) is 0.0385. The second kappa shape index (κ2) is 9.23. The van der Waals surface area contributed by atoms with Gasteiger partial charge in [-0.05, 0) is 23.6 Å². The zero-order valence-corrected chi connectivity index (χ0v) is 18.5. The molecule has 5 heteroatoms. The molecule has 0 fully saturated rings. The van der Waals surface area contributed by atoms with Gasteiger partial charge in [-0.15, -0.1) is 11.4 Å². The molecule has 1 radical (unpaired) electrons. The van der Waals surface area contributed by atoms with Gasteiger partial charge >= 0.3 is 0 Å². The van der Waals surface area contributed by atoms with Crippen LogP contribution in [0.15, 0.2) is 102 Å². The van der Waals surface area contributed by atoms with Crippen LogP contribution in [0.5, 0.6) is 5.75 Å². The summed E-state index contributed by atoms with van der Waals surface area (Å²) in [6.07, 6.45) is 1.57. The number of benzene rings is 3. The molecule has 2 aromatic heterocycles. The predicted octanol–water partition coefficient (Wildman–Crippen LogP) is 5.65. The Morgan fingerprint density at radius 3 is 2.42 bits per heavy atom. The van der Waals surface area contributed by atoms with E-state index in [1.54, 1.807) is 24.5 Å². The summed E-state index contributed by atoms with van der Waals surface area (Å²) in [5, 5.41) is 10.1. The molecule has 0 amide bonds. The van der Waals surface area contributed by atoms with Gasteiger partial charge in [-0.3, -0.25) is 0 Å².